The topological polar surface area (TPSA) is 71.5 Å². The molecular weight excluding hydrogens is 506 g/mol. The van der Waals surface area contributed by atoms with Crippen molar-refractivity contribution in [3.05, 3.63) is 116 Å². The van der Waals surface area contributed by atoms with Crippen LogP contribution in [0.1, 0.15) is 68.3 Å². The Bertz CT molecular complexity index is 1480. The molecule has 0 saturated heterocycles. The van der Waals surface area contributed by atoms with Gasteiger partial charge in [-0.25, -0.2) is 4.98 Å². The van der Waals surface area contributed by atoms with Crippen molar-refractivity contribution in [2.45, 2.75) is 52.8 Å². The molecule has 4 aromatic rings. The van der Waals surface area contributed by atoms with Crippen LogP contribution in [0.2, 0.25) is 0 Å². The maximum Gasteiger partial charge on any atom is 0.271 e. The van der Waals surface area contributed by atoms with Gasteiger partial charge in [0.05, 0.1) is 6.04 Å². The molecule has 0 radical (unpaired) electrons. The Morgan fingerprint density at radius 1 is 1.05 bits per heavy atom. The number of nitrogens with zero attached hydrogens (tertiary/aromatic N) is 2. The summed E-state index contributed by atoms with van der Waals surface area (Å²) in [7, 11) is 0. The van der Waals surface area contributed by atoms with E-state index in [1.54, 1.807) is 5.38 Å². The number of benzene rings is 3. The molecule has 1 aromatic heterocycles. The van der Waals surface area contributed by atoms with Crippen LogP contribution in [0.4, 0.5) is 0 Å². The first kappa shape index (κ1) is 26.6. The molecule has 0 saturated carbocycles. The van der Waals surface area contributed by atoms with Gasteiger partial charge in [-0.15, -0.1) is 11.3 Å². The van der Waals surface area contributed by atoms with Gasteiger partial charge in [0, 0.05) is 24.9 Å². The normalized spacial score (nSPS) is 14.5. The number of ether oxygens (including phenoxy) is 1. The van der Waals surface area contributed by atoms with Crippen molar-refractivity contribution >= 4 is 23.2 Å². The van der Waals surface area contributed by atoms with Crippen LogP contribution in [0, 0.1) is 13.8 Å². The zero-order valence-electron chi connectivity index (χ0n) is 22.6. The maximum absolute atomic E-state index is 12.9. The SMILES string of the molecule is CCC(=O)N1CCc2ccc(OCc3nc(C(=O)NCc4cccc(C)c4)cs3)cc2[C@H]1c1ccc(C)cc1. The van der Waals surface area contributed by atoms with Crippen LogP contribution in [0.25, 0.3) is 0 Å². The van der Waals surface area contributed by atoms with Gasteiger partial charge < -0.3 is 15.0 Å². The first-order valence-corrected chi connectivity index (χ1v) is 14.2. The molecule has 39 heavy (non-hydrogen) atoms. The third-order valence-corrected chi connectivity index (χ3v) is 7.87. The third kappa shape index (κ3) is 6.20. The molecule has 2 amide bonds. The van der Waals surface area contributed by atoms with Crippen LogP contribution in [-0.2, 0) is 24.4 Å². The van der Waals surface area contributed by atoms with Gasteiger partial charge >= 0.3 is 0 Å². The highest BCUT2D eigenvalue weighted by molar-refractivity contribution is 7.09. The van der Waals surface area contributed by atoms with Crippen LogP contribution in [0.15, 0.2) is 72.1 Å². The highest BCUT2D eigenvalue weighted by Crippen LogP contribution is 2.37. The molecule has 0 aliphatic carbocycles. The molecule has 6 nitrogen and oxygen atoms in total. The minimum Gasteiger partial charge on any atom is -0.486 e. The molecule has 1 atom stereocenters. The standard InChI is InChI=1S/C32H33N3O3S/c1-4-30(36)35-15-14-24-12-13-26(17-27(24)31(35)25-10-8-21(2)9-11-25)38-19-29-34-28(20-39-29)32(37)33-18-23-7-5-6-22(3)16-23/h5-13,16-17,20,31H,4,14-15,18-19H2,1-3H3,(H,33,37)/t31-/m1/s1. The lowest BCUT2D eigenvalue weighted by Crippen LogP contribution is -2.40. The fourth-order valence-corrected chi connectivity index (χ4v) is 5.67. The molecule has 5 rings (SSSR count). The molecule has 1 aliphatic rings. The largest absolute Gasteiger partial charge is 0.486 e. The maximum atomic E-state index is 12.9. The van der Waals surface area contributed by atoms with Gasteiger partial charge in [-0.1, -0.05) is 72.6 Å². The highest BCUT2D eigenvalue weighted by Gasteiger charge is 2.31. The van der Waals surface area contributed by atoms with E-state index in [9.17, 15) is 9.59 Å². The first-order valence-electron chi connectivity index (χ1n) is 13.3. The summed E-state index contributed by atoms with van der Waals surface area (Å²) in [6.45, 7) is 7.43. The smallest absolute Gasteiger partial charge is 0.271 e. The van der Waals surface area contributed by atoms with Gasteiger partial charge in [-0.2, -0.15) is 0 Å². The lowest BCUT2D eigenvalue weighted by Gasteiger charge is -2.38. The lowest BCUT2D eigenvalue weighted by atomic mass is 9.87. The van der Waals surface area contributed by atoms with Crippen LogP contribution < -0.4 is 10.1 Å². The van der Waals surface area contributed by atoms with E-state index in [1.807, 2.05) is 43.0 Å². The Morgan fingerprint density at radius 2 is 1.87 bits per heavy atom. The summed E-state index contributed by atoms with van der Waals surface area (Å²) in [6, 6.07) is 22.5. The quantitative estimate of drug-likeness (QED) is 0.291. The predicted octanol–water partition coefficient (Wildman–Crippen LogP) is 6.15. The summed E-state index contributed by atoms with van der Waals surface area (Å²) in [4.78, 5) is 32.0. The number of fused-ring (bicyclic) bond motifs is 1. The Hall–Kier alpha value is -3.97. The fourth-order valence-electron chi connectivity index (χ4n) is 4.98. The van der Waals surface area contributed by atoms with Gasteiger partial charge in [-0.3, -0.25) is 9.59 Å². The number of thiazole rings is 1. The van der Waals surface area contributed by atoms with Crippen LogP contribution >= 0.6 is 11.3 Å². The second-order valence-electron chi connectivity index (χ2n) is 9.95. The number of amides is 2. The number of hydrogen-bond donors (Lipinski definition) is 1. The number of nitrogens with one attached hydrogen (secondary N) is 1. The van der Waals surface area contributed by atoms with Gasteiger partial charge in [0.2, 0.25) is 5.91 Å². The van der Waals surface area contributed by atoms with Crippen molar-refractivity contribution in [1.29, 1.82) is 0 Å². The van der Waals surface area contributed by atoms with Gasteiger partial charge in [-0.05, 0) is 54.7 Å². The van der Waals surface area contributed by atoms with Crippen molar-refractivity contribution in [3.8, 4) is 5.75 Å². The number of carbonyl (C=O) groups excluding carboxylic acids is 2. The number of carbonyl (C=O) groups is 2. The number of rotatable bonds is 8. The van der Waals surface area contributed by atoms with Gasteiger partial charge in [0.1, 0.15) is 23.1 Å². The van der Waals surface area contributed by atoms with Crippen molar-refractivity contribution in [3.63, 3.8) is 0 Å². The Morgan fingerprint density at radius 3 is 2.64 bits per heavy atom. The zero-order chi connectivity index (χ0) is 27.4. The second kappa shape index (κ2) is 11.8. The van der Waals surface area contributed by atoms with E-state index in [0.29, 0.717) is 25.2 Å². The molecule has 0 unspecified atom stereocenters. The minimum atomic E-state index is -0.200. The van der Waals surface area contributed by atoms with Crippen LogP contribution in [-0.4, -0.2) is 28.2 Å². The molecular formula is C32H33N3O3S. The summed E-state index contributed by atoms with van der Waals surface area (Å²) < 4.78 is 6.13. The predicted molar refractivity (Wildman–Crippen MR) is 154 cm³/mol. The summed E-state index contributed by atoms with van der Waals surface area (Å²) >= 11 is 1.41. The molecule has 0 bridgehead atoms. The molecule has 2 heterocycles. The summed E-state index contributed by atoms with van der Waals surface area (Å²) in [5.41, 5.74) is 7.22. The molecule has 0 fully saturated rings. The molecule has 0 spiro atoms. The molecule has 1 N–H and O–H groups in total. The van der Waals surface area contributed by atoms with Crippen molar-refractivity contribution in [1.82, 2.24) is 15.2 Å². The first-order chi connectivity index (χ1) is 18.9. The summed E-state index contributed by atoms with van der Waals surface area (Å²) in [6.07, 6.45) is 1.29. The van der Waals surface area contributed by atoms with Gasteiger partial charge in [0.15, 0.2) is 0 Å². The van der Waals surface area contributed by atoms with E-state index in [4.69, 9.17) is 4.74 Å². The molecule has 7 heteroatoms. The van der Waals surface area contributed by atoms with E-state index < -0.39 is 0 Å². The zero-order valence-corrected chi connectivity index (χ0v) is 23.4. The fraction of sp³-hybridized carbons (Fsp3) is 0.281. The summed E-state index contributed by atoms with van der Waals surface area (Å²) in [5.74, 6) is 0.667. The average Bonchev–Trinajstić information content (AvgIpc) is 3.43. The third-order valence-electron chi connectivity index (χ3n) is 7.04. The van der Waals surface area contributed by atoms with E-state index in [-0.39, 0.29) is 24.5 Å². The van der Waals surface area contributed by atoms with E-state index in [0.717, 1.165) is 39.4 Å². The molecule has 1 aliphatic heterocycles. The van der Waals surface area contributed by atoms with Crippen LogP contribution in [0.3, 0.4) is 0 Å². The highest BCUT2D eigenvalue weighted by atomic mass is 32.1. The summed E-state index contributed by atoms with van der Waals surface area (Å²) in [5, 5.41) is 5.43. The minimum absolute atomic E-state index is 0.145. The lowest BCUT2D eigenvalue weighted by molar-refractivity contribution is -0.132. The van der Waals surface area contributed by atoms with Crippen LogP contribution in [0.5, 0.6) is 5.75 Å². The van der Waals surface area contributed by atoms with E-state index in [2.05, 4.69) is 59.7 Å². The van der Waals surface area contributed by atoms with Gasteiger partial charge in [0.25, 0.3) is 5.91 Å². The number of hydrogen-bond acceptors (Lipinski definition) is 5. The molecule has 3 aromatic carbocycles. The Balaban J connectivity index is 1.29. The monoisotopic (exact) mass is 539 g/mol. The number of aromatic nitrogens is 1. The Kier molecular flexibility index (Phi) is 8.07. The van der Waals surface area contributed by atoms with E-state index >= 15 is 0 Å². The van der Waals surface area contributed by atoms with Crippen molar-refractivity contribution in [2.75, 3.05) is 6.54 Å². The van der Waals surface area contributed by atoms with Crippen molar-refractivity contribution < 1.29 is 14.3 Å². The molecule has 200 valence electrons. The average molecular weight is 540 g/mol. The van der Waals surface area contributed by atoms with E-state index in [1.165, 1.54) is 22.5 Å². The number of aryl methyl sites for hydroxylation is 2. The Labute approximate surface area is 233 Å². The van der Waals surface area contributed by atoms with Crippen molar-refractivity contribution in [2.24, 2.45) is 0 Å². The second-order valence-corrected chi connectivity index (χ2v) is 10.9.